The van der Waals surface area contributed by atoms with Crippen molar-refractivity contribution in [3.63, 3.8) is 0 Å². The van der Waals surface area contributed by atoms with Crippen LogP contribution in [0, 0.1) is 5.82 Å². The maximum atomic E-state index is 13.0. The number of hydrogen-bond acceptors (Lipinski definition) is 4. The first-order valence-corrected chi connectivity index (χ1v) is 8.08. The minimum Gasteiger partial charge on any atom is -0.469 e. The Morgan fingerprint density at radius 1 is 1.45 bits per heavy atom. The number of ether oxygens (including phenoxy) is 1. The van der Waals surface area contributed by atoms with E-state index < -0.39 is 21.8 Å². The molecule has 1 aromatic rings. The zero-order valence-electron chi connectivity index (χ0n) is 11.1. The summed E-state index contributed by atoms with van der Waals surface area (Å²) >= 11 is 3.04. The highest BCUT2D eigenvalue weighted by Crippen LogP contribution is 2.25. The Bertz CT molecular complexity index is 591. The van der Waals surface area contributed by atoms with E-state index in [0.29, 0.717) is 0 Å². The molecular formula is C12H15BrFNO4S. The summed E-state index contributed by atoms with van der Waals surface area (Å²) < 4.78 is 43.6. The molecule has 0 radical (unpaired) electrons. The van der Waals surface area contributed by atoms with Crippen molar-refractivity contribution in [2.45, 2.75) is 18.2 Å². The number of esters is 1. The van der Waals surface area contributed by atoms with Gasteiger partial charge in [-0.25, -0.2) is 12.8 Å². The topological polar surface area (TPSA) is 63.7 Å². The molecule has 0 aliphatic heterocycles. The summed E-state index contributed by atoms with van der Waals surface area (Å²) in [6.45, 7) is 1.87. The van der Waals surface area contributed by atoms with E-state index in [1.165, 1.54) is 13.2 Å². The second-order valence-corrected chi connectivity index (χ2v) is 6.66. The monoisotopic (exact) mass is 367 g/mol. The zero-order valence-corrected chi connectivity index (χ0v) is 13.5. The Balaban J connectivity index is 3.02. The molecule has 0 spiro atoms. The fourth-order valence-corrected chi connectivity index (χ4v) is 4.05. The standard InChI is InChI=1S/C12H15BrFNO4S/c1-3-15(7-6-12(16)19-2)20(17,18)11-5-4-9(14)8-10(11)13/h4-5,8H,3,6-7H2,1-2H3. The first-order valence-electron chi connectivity index (χ1n) is 5.85. The molecule has 1 aromatic carbocycles. The van der Waals surface area contributed by atoms with Gasteiger partial charge in [0.2, 0.25) is 10.0 Å². The zero-order chi connectivity index (χ0) is 15.3. The van der Waals surface area contributed by atoms with Gasteiger partial charge in [0.05, 0.1) is 18.4 Å². The number of nitrogens with zero attached hydrogens (tertiary/aromatic N) is 1. The predicted molar refractivity (Wildman–Crippen MR) is 75.2 cm³/mol. The summed E-state index contributed by atoms with van der Waals surface area (Å²) in [6, 6.07) is 3.35. The van der Waals surface area contributed by atoms with Crippen molar-refractivity contribution in [2.24, 2.45) is 0 Å². The molecule has 5 nitrogen and oxygen atoms in total. The van der Waals surface area contributed by atoms with E-state index in [9.17, 15) is 17.6 Å². The minimum absolute atomic E-state index is 0.00925. The van der Waals surface area contributed by atoms with Crippen molar-refractivity contribution in [1.29, 1.82) is 0 Å². The van der Waals surface area contributed by atoms with Crippen molar-refractivity contribution in [3.8, 4) is 0 Å². The summed E-state index contributed by atoms with van der Waals surface area (Å²) in [5.41, 5.74) is 0. The van der Waals surface area contributed by atoms with Crippen LogP contribution in [0.3, 0.4) is 0 Å². The van der Waals surface area contributed by atoms with Crippen molar-refractivity contribution < 1.29 is 22.3 Å². The van der Waals surface area contributed by atoms with E-state index in [4.69, 9.17) is 0 Å². The van der Waals surface area contributed by atoms with Gasteiger partial charge in [0, 0.05) is 17.6 Å². The highest BCUT2D eigenvalue weighted by atomic mass is 79.9. The SMILES string of the molecule is CCN(CCC(=O)OC)S(=O)(=O)c1ccc(F)cc1Br. The molecule has 0 saturated carbocycles. The van der Waals surface area contributed by atoms with Crippen LogP contribution in [0.25, 0.3) is 0 Å². The van der Waals surface area contributed by atoms with Crippen LogP contribution in [0.2, 0.25) is 0 Å². The first kappa shape index (κ1) is 17.1. The fourth-order valence-electron chi connectivity index (χ4n) is 1.59. The highest BCUT2D eigenvalue weighted by molar-refractivity contribution is 9.10. The van der Waals surface area contributed by atoms with Crippen molar-refractivity contribution in [2.75, 3.05) is 20.2 Å². The smallest absolute Gasteiger partial charge is 0.306 e. The Kier molecular flexibility index (Phi) is 6.09. The van der Waals surface area contributed by atoms with Gasteiger partial charge in [0.25, 0.3) is 0 Å². The number of benzene rings is 1. The van der Waals surface area contributed by atoms with E-state index in [0.717, 1.165) is 16.4 Å². The van der Waals surface area contributed by atoms with Crippen LogP contribution in [0.15, 0.2) is 27.6 Å². The summed E-state index contributed by atoms with van der Waals surface area (Å²) in [5, 5.41) is 0. The lowest BCUT2D eigenvalue weighted by Crippen LogP contribution is -2.33. The number of sulfonamides is 1. The van der Waals surface area contributed by atoms with Crippen LogP contribution >= 0.6 is 15.9 Å². The van der Waals surface area contributed by atoms with Crippen molar-refractivity contribution >= 4 is 31.9 Å². The van der Waals surface area contributed by atoms with Gasteiger partial charge in [0.15, 0.2) is 0 Å². The lowest BCUT2D eigenvalue weighted by atomic mass is 10.3. The molecule has 0 saturated heterocycles. The van der Waals surface area contributed by atoms with Gasteiger partial charge in [-0.05, 0) is 34.1 Å². The third kappa shape index (κ3) is 4.00. The Hall–Kier alpha value is -0.990. The number of carbonyl (C=O) groups excluding carboxylic acids is 1. The lowest BCUT2D eigenvalue weighted by Gasteiger charge is -2.20. The van der Waals surface area contributed by atoms with E-state index >= 15 is 0 Å². The molecule has 1 rings (SSSR count). The quantitative estimate of drug-likeness (QED) is 0.722. The van der Waals surface area contributed by atoms with Crippen LogP contribution in [0.5, 0.6) is 0 Å². The molecule has 0 atom stereocenters. The van der Waals surface area contributed by atoms with Gasteiger partial charge in [0.1, 0.15) is 5.82 Å². The van der Waals surface area contributed by atoms with E-state index in [-0.39, 0.29) is 28.9 Å². The molecule has 0 aliphatic rings. The number of methoxy groups -OCH3 is 1. The van der Waals surface area contributed by atoms with Crippen LogP contribution < -0.4 is 0 Å². The fraction of sp³-hybridized carbons (Fsp3) is 0.417. The molecule has 0 bridgehead atoms. The van der Waals surface area contributed by atoms with E-state index in [2.05, 4.69) is 20.7 Å². The molecular weight excluding hydrogens is 353 g/mol. The Morgan fingerprint density at radius 2 is 2.10 bits per heavy atom. The molecule has 0 aliphatic carbocycles. The molecule has 20 heavy (non-hydrogen) atoms. The average Bonchev–Trinajstić information content (AvgIpc) is 2.38. The maximum Gasteiger partial charge on any atom is 0.306 e. The third-order valence-corrected chi connectivity index (χ3v) is 5.61. The van der Waals surface area contributed by atoms with Crippen LogP contribution in [0.1, 0.15) is 13.3 Å². The van der Waals surface area contributed by atoms with E-state index in [1.807, 2.05) is 0 Å². The molecule has 112 valence electrons. The van der Waals surface area contributed by atoms with Gasteiger partial charge >= 0.3 is 5.97 Å². The summed E-state index contributed by atoms with van der Waals surface area (Å²) in [5.74, 6) is -1.02. The minimum atomic E-state index is -3.79. The second-order valence-electron chi connectivity index (χ2n) is 3.90. The Labute approximate surface area is 125 Å². The highest BCUT2D eigenvalue weighted by Gasteiger charge is 2.26. The summed E-state index contributed by atoms with van der Waals surface area (Å²) in [4.78, 5) is 11.1. The molecule has 0 heterocycles. The lowest BCUT2D eigenvalue weighted by molar-refractivity contribution is -0.140. The number of carbonyl (C=O) groups is 1. The van der Waals surface area contributed by atoms with Crippen LogP contribution in [-0.4, -0.2) is 38.9 Å². The van der Waals surface area contributed by atoms with Crippen LogP contribution in [-0.2, 0) is 19.6 Å². The molecule has 0 unspecified atom stereocenters. The maximum absolute atomic E-state index is 13.0. The normalized spacial score (nSPS) is 11.7. The molecule has 0 amide bonds. The molecule has 0 fully saturated rings. The molecule has 8 heteroatoms. The van der Waals surface area contributed by atoms with Crippen molar-refractivity contribution in [3.05, 3.63) is 28.5 Å². The molecule has 0 N–H and O–H groups in total. The van der Waals surface area contributed by atoms with Crippen molar-refractivity contribution in [1.82, 2.24) is 4.31 Å². The summed E-state index contributed by atoms with van der Waals surface area (Å²) in [7, 11) is -2.55. The van der Waals surface area contributed by atoms with Gasteiger partial charge < -0.3 is 4.74 Å². The Morgan fingerprint density at radius 3 is 2.60 bits per heavy atom. The molecule has 0 aromatic heterocycles. The van der Waals surface area contributed by atoms with E-state index in [1.54, 1.807) is 6.92 Å². The van der Waals surface area contributed by atoms with Gasteiger partial charge in [-0.15, -0.1) is 0 Å². The number of hydrogen-bond donors (Lipinski definition) is 0. The van der Waals surface area contributed by atoms with Gasteiger partial charge in [-0.3, -0.25) is 4.79 Å². The van der Waals surface area contributed by atoms with Gasteiger partial charge in [-0.2, -0.15) is 4.31 Å². The predicted octanol–water partition coefficient (Wildman–Crippen LogP) is 2.16. The number of rotatable bonds is 6. The largest absolute Gasteiger partial charge is 0.469 e. The average molecular weight is 368 g/mol. The van der Waals surface area contributed by atoms with Crippen LogP contribution in [0.4, 0.5) is 4.39 Å². The second kappa shape index (κ2) is 7.14. The third-order valence-electron chi connectivity index (χ3n) is 2.66. The summed E-state index contributed by atoms with van der Waals surface area (Å²) in [6.07, 6.45) is -0.0393. The first-order chi connectivity index (χ1) is 9.32. The van der Waals surface area contributed by atoms with Gasteiger partial charge in [-0.1, -0.05) is 6.92 Å². The number of halogens is 2.